The van der Waals surface area contributed by atoms with Crippen LogP contribution in [0, 0.1) is 0 Å². The number of nitrogens with two attached hydrogens (primary N) is 1. The van der Waals surface area contributed by atoms with Crippen LogP contribution in [0.5, 0.6) is 0 Å². The van der Waals surface area contributed by atoms with E-state index in [0.29, 0.717) is 9.75 Å². The third-order valence-electron chi connectivity index (χ3n) is 4.46. The summed E-state index contributed by atoms with van der Waals surface area (Å²) in [4.78, 5) is 79.6. The quantitative estimate of drug-likeness (QED) is 0.0618. The number of hydrogen-bond donors (Lipinski definition) is 5. The van der Waals surface area contributed by atoms with Gasteiger partial charge in [-0.3, -0.25) is 15.0 Å². The molecule has 2 heterocycles. The van der Waals surface area contributed by atoms with Crippen LogP contribution in [-0.4, -0.2) is 83.9 Å². The summed E-state index contributed by atoms with van der Waals surface area (Å²) >= 11 is 1.89. The molecule has 0 bridgehead atoms. The number of hydrogen-bond acceptors (Lipinski definition) is 14. The van der Waals surface area contributed by atoms with Gasteiger partial charge in [0.05, 0.1) is 30.0 Å². The lowest BCUT2D eigenvalue weighted by molar-refractivity contribution is 0.0512. The Balaban J connectivity index is 0.000000740. The molecule has 2 aromatic rings. The van der Waals surface area contributed by atoms with Gasteiger partial charge in [-0.1, -0.05) is 0 Å². The van der Waals surface area contributed by atoms with Crippen LogP contribution < -0.4 is 21.9 Å². The number of carbonyl (C=O) groups is 7. The summed E-state index contributed by atoms with van der Waals surface area (Å²) < 4.78 is 19.3. The van der Waals surface area contributed by atoms with E-state index >= 15 is 0 Å². The Morgan fingerprint density at radius 3 is 1.25 bits per heavy atom. The number of ether oxygens (including phenoxy) is 4. The maximum absolute atomic E-state index is 11.8. The zero-order valence-electron chi connectivity index (χ0n) is 28.6. The predicted octanol–water partition coefficient (Wildman–Crippen LogP) is 4.78. The largest absolute Gasteiger partial charge is 0.477 e. The SMILES string of the molecule is CC(C)(C)OC(=O)NCC(=O)c1ccc(C(=O)O)s1.CC(C)(C)OC(=O)NN.COC(=O)c1ccc(C(=O)CNC(=O)OC(C)(C)C)s1. The second-order valence-electron chi connectivity index (χ2n) is 12.3. The van der Waals surface area contributed by atoms with Gasteiger partial charge in [-0.05, 0) is 86.6 Å². The number of Topliss-reactive ketones (excluding diaryl/α,β-unsaturated/α-hetero) is 2. The minimum Gasteiger partial charge on any atom is -0.477 e. The van der Waals surface area contributed by atoms with E-state index in [-0.39, 0.29) is 34.4 Å². The fraction of sp³-hybridized carbons (Fsp3) is 0.500. The van der Waals surface area contributed by atoms with Crippen LogP contribution in [0.2, 0.25) is 0 Å². The van der Waals surface area contributed by atoms with Gasteiger partial charge in [0.1, 0.15) is 26.6 Å². The Hall–Kier alpha value is -4.55. The molecule has 6 N–H and O–H groups in total. The first kappa shape index (κ1) is 43.5. The van der Waals surface area contributed by atoms with Crippen LogP contribution in [0.25, 0.3) is 0 Å². The molecule has 0 spiro atoms. The standard InChI is InChI=1S/C13H17NO5S.C12H15NO5S.C5H12N2O2/c1-13(2,3)19-12(17)14-7-8(15)9-5-6-10(20-9)11(16)18-4;1-12(2,3)18-11(17)13-6-7(14)8-4-5-9(19-8)10(15)16;1-5(2,3)9-4(8)7-6/h5-6H,7H2,1-4H3,(H,14,17);4-5H,6H2,1-3H3,(H,13,17)(H,15,16);6H2,1-3H3,(H,7,8). The number of esters is 1. The van der Waals surface area contributed by atoms with E-state index in [1.807, 2.05) is 5.43 Å². The smallest absolute Gasteiger partial charge is 0.421 e. The molecule has 0 aliphatic heterocycles. The van der Waals surface area contributed by atoms with Gasteiger partial charge >= 0.3 is 30.2 Å². The Labute approximate surface area is 286 Å². The zero-order chi connectivity index (χ0) is 37.5. The van der Waals surface area contributed by atoms with Crippen molar-refractivity contribution in [3.8, 4) is 0 Å². The molecule has 0 saturated carbocycles. The van der Waals surface area contributed by atoms with E-state index in [0.717, 1.165) is 22.7 Å². The Kier molecular flexibility index (Phi) is 17.5. The summed E-state index contributed by atoms with van der Waals surface area (Å²) in [6, 6.07) is 5.81. The molecular weight excluding hydrogens is 672 g/mol. The molecule has 0 aliphatic carbocycles. The van der Waals surface area contributed by atoms with Crippen LogP contribution in [0.1, 0.15) is 101 Å². The second kappa shape index (κ2) is 19.3. The predicted molar refractivity (Wildman–Crippen MR) is 178 cm³/mol. The van der Waals surface area contributed by atoms with Gasteiger partial charge in [-0.2, -0.15) is 0 Å². The monoisotopic (exact) mass is 716 g/mol. The number of carboxylic acid groups (broad SMARTS) is 1. The zero-order valence-corrected chi connectivity index (χ0v) is 30.2. The van der Waals surface area contributed by atoms with Crippen LogP contribution in [-0.2, 0) is 18.9 Å². The molecule has 48 heavy (non-hydrogen) atoms. The molecular formula is C30H44N4O12S2. The molecule has 0 aromatic carbocycles. The number of carboxylic acids is 1. The molecule has 0 atom stereocenters. The van der Waals surface area contributed by atoms with Crippen molar-refractivity contribution in [1.29, 1.82) is 0 Å². The maximum Gasteiger partial charge on any atom is 0.421 e. The van der Waals surface area contributed by atoms with Crippen molar-refractivity contribution in [2.75, 3.05) is 20.2 Å². The average molecular weight is 717 g/mol. The molecule has 0 unspecified atom stereocenters. The average Bonchev–Trinajstić information content (AvgIpc) is 3.63. The number of amides is 3. The minimum atomic E-state index is -1.08. The lowest BCUT2D eigenvalue weighted by atomic mass is 10.2. The van der Waals surface area contributed by atoms with Gasteiger partial charge in [-0.15, -0.1) is 22.7 Å². The highest BCUT2D eigenvalue weighted by molar-refractivity contribution is 7.16. The normalized spacial score (nSPS) is 10.8. The summed E-state index contributed by atoms with van der Waals surface area (Å²) in [5.41, 5.74) is 0.142. The highest BCUT2D eigenvalue weighted by atomic mass is 32.1. The van der Waals surface area contributed by atoms with E-state index in [9.17, 15) is 33.6 Å². The lowest BCUT2D eigenvalue weighted by Crippen LogP contribution is -2.36. The second-order valence-corrected chi connectivity index (χ2v) is 14.5. The molecule has 18 heteroatoms. The van der Waals surface area contributed by atoms with Gasteiger partial charge in [0.15, 0.2) is 11.6 Å². The van der Waals surface area contributed by atoms with Crippen molar-refractivity contribution in [2.45, 2.75) is 79.1 Å². The van der Waals surface area contributed by atoms with E-state index in [4.69, 9.17) is 25.2 Å². The molecule has 16 nitrogen and oxygen atoms in total. The first-order valence-corrected chi connectivity index (χ1v) is 15.7. The molecule has 2 aromatic heterocycles. The number of ketones is 2. The van der Waals surface area contributed by atoms with Gasteiger partial charge < -0.3 is 34.7 Å². The number of hydrazine groups is 1. The van der Waals surface area contributed by atoms with E-state index in [2.05, 4.69) is 15.4 Å². The summed E-state index contributed by atoms with van der Waals surface area (Å²) in [5.74, 6) is 2.53. The number of aromatic carboxylic acids is 1. The summed E-state index contributed by atoms with van der Waals surface area (Å²) in [6.45, 7) is 15.2. The number of rotatable bonds is 8. The van der Waals surface area contributed by atoms with Gasteiger partial charge in [-0.25, -0.2) is 29.8 Å². The topological polar surface area (TPSA) is 239 Å². The third-order valence-corrected chi connectivity index (χ3v) is 6.68. The molecule has 2 rings (SSSR count). The van der Waals surface area contributed by atoms with Gasteiger partial charge in [0.25, 0.3) is 0 Å². The molecule has 3 amide bonds. The first-order chi connectivity index (χ1) is 21.9. The highest BCUT2D eigenvalue weighted by Crippen LogP contribution is 2.18. The van der Waals surface area contributed by atoms with Crippen LogP contribution in [0.3, 0.4) is 0 Å². The van der Waals surface area contributed by atoms with E-state index in [1.165, 1.54) is 31.4 Å². The fourth-order valence-corrected chi connectivity index (χ4v) is 4.36. The Morgan fingerprint density at radius 1 is 0.625 bits per heavy atom. The molecule has 0 fully saturated rings. The van der Waals surface area contributed by atoms with Crippen LogP contribution in [0.15, 0.2) is 24.3 Å². The number of thiophene rings is 2. The van der Waals surface area contributed by atoms with Crippen molar-refractivity contribution in [3.05, 3.63) is 43.8 Å². The maximum atomic E-state index is 11.8. The lowest BCUT2D eigenvalue weighted by Gasteiger charge is -2.19. The van der Waals surface area contributed by atoms with Gasteiger partial charge in [0.2, 0.25) is 0 Å². The highest BCUT2D eigenvalue weighted by Gasteiger charge is 2.20. The van der Waals surface area contributed by atoms with Crippen LogP contribution >= 0.6 is 22.7 Å². The third kappa shape index (κ3) is 19.9. The number of carbonyl (C=O) groups excluding carboxylic acids is 6. The molecule has 0 saturated heterocycles. The van der Waals surface area contributed by atoms with Crippen molar-refractivity contribution in [1.82, 2.24) is 16.1 Å². The van der Waals surface area contributed by atoms with Gasteiger partial charge in [0, 0.05) is 0 Å². The summed E-state index contributed by atoms with van der Waals surface area (Å²) in [6.07, 6.45) is -1.95. The molecule has 0 radical (unpaired) electrons. The first-order valence-electron chi connectivity index (χ1n) is 14.1. The van der Waals surface area contributed by atoms with E-state index in [1.54, 1.807) is 62.3 Å². The van der Waals surface area contributed by atoms with E-state index < -0.39 is 47.0 Å². The van der Waals surface area contributed by atoms with Crippen molar-refractivity contribution in [2.24, 2.45) is 5.84 Å². The number of nitrogens with one attached hydrogen (secondary N) is 3. The van der Waals surface area contributed by atoms with Crippen molar-refractivity contribution >= 4 is 64.5 Å². The molecule has 0 aliphatic rings. The van der Waals surface area contributed by atoms with Crippen molar-refractivity contribution in [3.63, 3.8) is 0 Å². The van der Waals surface area contributed by atoms with Crippen LogP contribution in [0.4, 0.5) is 14.4 Å². The Bertz CT molecular complexity index is 1430. The fourth-order valence-electron chi connectivity index (χ4n) is 2.72. The molecule has 268 valence electrons. The Morgan fingerprint density at radius 2 is 0.958 bits per heavy atom. The number of methoxy groups -OCH3 is 1. The number of alkyl carbamates (subject to hydrolysis) is 2. The van der Waals surface area contributed by atoms with Crippen molar-refractivity contribution < 1.29 is 57.6 Å². The summed E-state index contributed by atoms with van der Waals surface area (Å²) in [5, 5.41) is 13.4. The minimum absolute atomic E-state index is 0.0839. The summed E-state index contributed by atoms with van der Waals surface area (Å²) in [7, 11) is 1.27.